The van der Waals surface area contributed by atoms with Crippen LogP contribution in [0, 0.1) is 17.6 Å². The van der Waals surface area contributed by atoms with E-state index in [1.54, 1.807) is 0 Å². The second-order valence-electron chi connectivity index (χ2n) is 8.95. The van der Waals surface area contributed by atoms with Crippen molar-refractivity contribution in [3.63, 3.8) is 0 Å². The lowest BCUT2D eigenvalue weighted by Crippen LogP contribution is -2.55. The number of para-hydroxylation sites is 1. The summed E-state index contributed by atoms with van der Waals surface area (Å²) in [6.45, 7) is 2.43. The number of ether oxygens (including phenoxy) is 2. The zero-order valence-corrected chi connectivity index (χ0v) is 19.9. The summed E-state index contributed by atoms with van der Waals surface area (Å²) in [6.07, 6.45) is 2.43. The maximum atomic E-state index is 13.7. The molecule has 2 aromatic carbocycles. The minimum atomic E-state index is -1.08. The largest absolute Gasteiger partial charge is 0.486 e. The van der Waals surface area contributed by atoms with Gasteiger partial charge in [-0.3, -0.25) is 9.59 Å². The van der Waals surface area contributed by atoms with Gasteiger partial charge in [-0.25, -0.2) is 8.78 Å². The highest BCUT2D eigenvalue weighted by atomic mass is 35.5. The third kappa shape index (κ3) is 5.51. The average molecular weight is 508 g/mol. The van der Waals surface area contributed by atoms with Crippen molar-refractivity contribution >= 4 is 24.2 Å². The highest BCUT2D eigenvalue weighted by molar-refractivity contribution is 5.95. The zero-order chi connectivity index (χ0) is 23.7. The summed E-state index contributed by atoms with van der Waals surface area (Å²) in [6, 6.07) is 8.47. The Morgan fingerprint density at radius 2 is 1.86 bits per heavy atom. The highest BCUT2D eigenvalue weighted by Gasteiger charge is 2.40. The first kappa shape index (κ1) is 25.2. The predicted octanol–water partition coefficient (Wildman–Crippen LogP) is 3.06. The van der Waals surface area contributed by atoms with Gasteiger partial charge in [0.1, 0.15) is 13.2 Å². The SMILES string of the molecule is Cl.O=C(NC1CCNCC1C(=O)N(Cc1cccc2c1OCCO2)C1CC1)c1ccc(F)c(F)c1. The maximum Gasteiger partial charge on any atom is 0.251 e. The Bertz CT molecular complexity index is 1100. The normalized spacial score (nSPS) is 21.0. The molecule has 35 heavy (non-hydrogen) atoms. The Labute approximate surface area is 208 Å². The number of carbonyl (C=O) groups excluding carboxylic acids is 2. The van der Waals surface area contributed by atoms with Crippen molar-refractivity contribution in [3.8, 4) is 11.5 Å². The standard InChI is InChI=1S/C25H27F2N3O4.ClH/c26-19-7-4-15(12-20(19)27)24(31)29-21-8-9-28-13-18(21)25(32)30(17-5-6-17)14-16-2-1-3-22-23(16)34-11-10-33-22;/h1-4,7,12,17-18,21,28H,5-6,8-11,13-14H2,(H,29,31);1H. The van der Waals surface area contributed by atoms with E-state index in [1.807, 2.05) is 23.1 Å². The van der Waals surface area contributed by atoms with E-state index in [4.69, 9.17) is 9.47 Å². The maximum absolute atomic E-state index is 13.7. The Morgan fingerprint density at radius 3 is 2.63 bits per heavy atom. The fourth-order valence-electron chi connectivity index (χ4n) is 4.61. The molecule has 0 radical (unpaired) electrons. The molecule has 1 saturated carbocycles. The summed E-state index contributed by atoms with van der Waals surface area (Å²) in [5.41, 5.74) is 0.916. The lowest BCUT2D eigenvalue weighted by atomic mass is 9.91. The van der Waals surface area contributed by atoms with Crippen LogP contribution in [0.2, 0.25) is 0 Å². The van der Waals surface area contributed by atoms with Crippen molar-refractivity contribution in [3.05, 3.63) is 59.2 Å². The van der Waals surface area contributed by atoms with E-state index >= 15 is 0 Å². The molecule has 2 amide bonds. The first-order chi connectivity index (χ1) is 16.5. The predicted molar refractivity (Wildman–Crippen MR) is 127 cm³/mol. The summed E-state index contributed by atoms with van der Waals surface area (Å²) < 4.78 is 38.4. The van der Waals surface area contributed by atoms with E-state index in [0.717, 1.165) is 30.5 Å². The molecule has 1 aliphatic carbocycles. The molecule has 2 aliphatic heterocycles. The molecule has 0 aromatic heterocycles. The number of piperidine rings is 1. The van der Waals surface area contributed by atoms with E-state index in [9.17, 15) is 18.4 Å². The third-order valence-corrected chi connectivity index (χ3v) is 6.56. The molecule has 1 saturated heterocycles. The zero-order valence-electron chi connectivity index (χ0n) is 19.1. The molecule has 2 atom stereocenters. The number of halogens is 3. The molecule has 2 heterocycles. The van der Waals surface area contributed by atoms with E-state index in [-0.39, 0.29) is 29.9 Å². The van der Waals surface area contributed by atoms with Gasteiger partial charge in [0.2, 0.25) is 5.91 Å². The first-order valence-electron chi connectivity index (χ1n) is 11.7. The first-order valence-corrected chi connectivity index (χ1v) is 11.7. The summed E-state index contributed by atoms with van der Waals surface area (Å²) >= 11 is 0. The molecule has 3 aliphatic rings. The molecule has 5 rings (SSSR count). The van der Waals surface area contributed by atoms with E-state index in [1.165, 1.54) is 6.07 Å². The highest BCUT2D eigenvalue weighted by Crippen LogP contribution is 2.37. The smallest absolute Gasteiger partial charge is 0.251 e. The molecule has 2 N–H and O–H groups in total. The molecule has 10 heteroatoms. The number of benzene rings is 2. The Morgan fingerprint density at radius 1 is 1.06 bits per heavy atom. The molecule has 0 spiro atoms. The summed E-state index contributed by atoms with van der Waals surface area (Å²) in [4.78, 5) is 28.3. The number of rotatable bonds is 6. The fraction of sp³-hybridized carbons (Fsp3) is 0.440. The van der Waals surface area contributed by atoms with Crippen molar-refractivity contribution < 1.29 is 27.8 Å². The van der Waals surface area contributed by atoms with Crippen molar-refractivity contribution in [2.24, 2.45) is 5.92 Å². The van der Waals surface area contributed by atoms with Gasteiger partial charge in [0.05, 0.1) is 5.92 Å². The topological polar surface area (TPSA) is 79.9 Å². The van der Waals surface area contributed by atoms with Crippen LogP contribution in [-0.2, 0) is 11.3 Å². The second kappa shape index (κ2) is 10.8. The molecule has 7 nitrogen and oxygen atoms in total. The summed E-state index contributed by atoms with van der Waals surface area (Å²) in [5.74, 6) is -1.77. The van der Waals surface area contributed by atoms with Gasteiger partial charge in [0.15, 0.2) is 23.1 Å². The minimum Gasteiger partial charge on any atom is -0.486 e. The van der Waals surface area contributed by atoms with Gasteiger partial charge in [-0.05, 0) is 50.1 Å². The number of fused-ring (bicyclic) bond motifs is 1. The van der Waals surface area contributed by atoms with Gasteiger partial charge in [-0.1, -0.05) is 12.1 Å². The minimum absolute atomic E-state index is 0. The van der Waals surface area contributed by atoms with Crippen molar-refractivity contribution in [1.82, 2.24) is 15.5 Å². The average Bonchev–Trinajstić information content (AvgIpc) is 3.69. The number of amides is 2. The van der Waals surface area contributed by atoms with Crippen molar-refractivity contribution in [2.45, 2.75) is 37.9 Å². The Balaban J connectivity index is 0.00000289. The number of hydrogen-bond donors (Lipinski definition) is 2. The van der Waals surface area contributed by atoms with Crippen LogP contribution in [-0.4, -0.2) is 55.1 Å². The molecule has 188 valence electrons. The van der Waals surface area contributed by atoms with Crippen LogP contribution in [0.3, 0.4) is 0 Å². The quantitative estimate of drug-likeness (QED) is 0.628. The van der Waals surface area contributed by atoms with Crippen LogP contribution in [0.5, 0.6) is 11.5 Å². The number of nitrogens with one attached hydrogen (secondary N) is 2. The monoisotopic (exact) mass is 507 g/mol. The van der Waals surface area contributed by atoms with Gasteiger partial charge in [0.25, 0.3) is 5.91 Å². The molecule has 2 aromatic rings. The van der Waals surface area contributed by atoms with Crippen LogP contribution in [0.4, 0.5) is 8.78 Å². The lowest BCUT2D eigenvalue weighted by Gasteiger charge is -2.36. The molecule has 0 bridgehead atoms. The summed E-state index contributed by atoms with van der Waals surface area (Å²) in [5, 5.41) is 6.13. The third-order valence-electron chi connectivity index (χ3n) is 6.56. The number of hydrogen-bond acceptors (Lipinski definition) is 5. The Hall–Kier alpha value is -2.91. The molecular weight excluding hydrogens is 480 g/mol. The van der Waals surface area contributed by atoms with Gasteiger partial charge in [0, 0.05) is 36.3 Å². The van der Waals surface area contributed by atoms with Gasteiger partial charge >= 0.3 is 0 Å². The fourth-order valence-corrected chi connectivity index (χ4v) is 4.61. The van der Waals surface area contributed by atoms with Crippen LogP contribution in [0.15, 0.2) is 36.4 Å². The van der Waals surface area contributed by atoms with Gasteiger partial charge < -0.3 is 25.0 Å². The van der Waals surface area contributed by atoms with Crippen molar-refractivity contribution in [1.29, 1.82) is 0 Å². The van der Waals surface area contributed by atoms with Gasteiger partial charge in [-0.2, -0.15) is 0 Å². The second-order valence-corrected chi connectivity index (χ2v) is 8.95. The van der Waals surface area contributed by atoms with Crippen LogP contribution >= 0.6 is 12.4 Å². The van der Waals surface area contributed by atoms with Crippen LogP contribution < -0.4 is 20.1 Å². The summed E-state index contributed by atoms with van der Waals surface area (Å²) in [7, 11) is 0. The lowest BCUT2D eigenvalue weighted by molar-refractivity contribution is -0.138. The van der Waals surface area contributed by atoms with Crippen LogP contribution in [0.1, 0.15) is 35.2 Å². The van der Waals surface area contributed by atoms with E-state index in [0.29, 0.717) is 50.8 Å². The number of nitrogens with zero attached hydrogens (tertiary/aromatic N) is 1. The van der Waals surface area contributed by atoms with E-state index in [2.05, 4.69) is 10.6 Å². The van der Waals surface area contributed by atoms with Crippen molar-refractivity contribution in [2.75, 3.05) is 26.3 Å². The molecule has 2 unspecified atom stereocenters. The molecule has 2 fully saturated rings. The van der Waals surface area contributed by atoms with Gasteiger partial charge in [-0.15, -0.1) is 12.4 Å². The Kier molecular flexibility index (Phi) is 7.76. The van der Waals surface area contributed by atoms with Crippen LogP contribution in [0.25, 0.3) is 0 Å². The van der Waals surface area contributed by atoms with E-state index < -0.39 is 29.5 Å². The molecular formula is C25H28ClF2N3O4. The number of carbonyl (C=O) groups is 2.